The van der Waals surface area contributed by atoms with Crippen LogP contribution in [0.15, 0.2) is 18.2 Å². The van der Waals surface area contributed by atoms with Gasteiger partial charge in [-0.1, -0.05) is 11.6 Å². The second-order valence-corrected chi connectivity index (χ2v) is 2.85. The molecule has 1 rings (SSSR count). The fourth-order valence-corrected chi connectivity index (χ4v) is 1.00. The fourth-order valence-electron chi connectivity index (χ4n) is 0.821. The molecule has 0 saturated heterocycles. The number of urea groups is 1. The van der Waals surface area contributed by atoms with Crippen LogP contribution in [0, 0.1) is 5.82 Å². The molecular formula is C8H6ClFN2O2. The summed E-state index contributed by atoms with van der Waals surface area (Å²) >= 11 is 5.42. The summed E-state index contributed by atoms with van der Waals surface area (Å²) < 4.78 is 12.7. The van der Waals surface area contributed by atoms with Crippen molar-refractivity contribution < 1.29 is 14.0 Å². The molecule has 0 radical (unpaired) electrons. The number of halogens is 2. The van der Waals surface area contributed by atoms with Crippen molar-refractivity contribution in [2.24, 2.45) is 5.73 Å². The zero-order chi connectivity index (χ0) is 10.7. The van der Waals surface area contributed by atoms with Crippen LogP contribution in [0.5, 0.6) is 0 Å². The molecule has 0 aliphatic heterocycles. The first-order valence-electron chi connectivity index (χ1n) is 3.56. The van der Waals surface area contributed by atoms with E-state index in [2.05, 4.69) is 0 Å². The van der Waals surface area contributed by atoms with E-state index >= 15 is 0 Å². The van der Waals surface area contributed by atoms with Gasteiger partial charge >= 0.3 is 6.03 Å². The monoisotopic (exact) mass is 216 g/mol. The molecule has 74 valence electrons. The molecule has 6 heteroatoms. The first-order chi connectivity index (χ1) is 6.50. The van der Waals surface area contributed by atoms with Gasteiger partial charge in [0.1, 0.15) is 5.82 Å². The topological polar surface area (TPSA) is 72.2 Å². The van der Waals surface area contributed by atoms with Crippen molar-refractivity contribution in [3.8, 4) is 0 Å². The maximum atomic E-state index is 12.7. The summed E-state index contributed by atoms with van der Waals surface area (Å²) in [5.74, 6) is -1.36. The number of carbonyl (C=O) groups is 2. The number of nitrogens with two attached hydrogens (primary N) is 1. The summed E-state index contributed by atoms with van der Waals surface area (Å²) in [5.41, 5.74) is 4.79. The van der Waals surface area contributed by atoms with Gasteiger partial charge in [-0.05, 0) is 18.2 Å². The van der Waals surface area contributed by atoms with Gasteiger partial charge in [0.2, 0.25) is 0 Å². The van der Waals surface area contributed by atoms with E-state index < -0.39 is 17.8 Å². The molecular weight excluding hydrogens is 211 g/mol. The Morgan fingerprint density at radius 1 is 1.43 bits per heavy atom. The largest absolute Gasteiger partial charge is 0.351 e. The minimum absolute atomic E-state index is 0.0650. The molecule has 1 aromatic carbocycles. The predicted molar refractivity (Wildman–Crippen MR) is 48.5 cm³/mol. The van der Waals surface area contributed by atoms with Crippen molar-refractivity contribution in [1.82, 2.24) is 5.32 Å². The summed E-state index contributed by atoms with van der Waals surface area (Å²) in [6.45, 7) is 0. The highest BCUT2D eigenvalue weighted by atomic mass is 35.5. The van der Waals surface area contributed by atoms with E-state index in [0.29, 0.717) is 0 Å². The number of primary amides is 1. The molecule has 3 N–H and O–H groups in total. The molecule has 0 aromatic heterocycles. The Hall–Kier alpha value is -1.62. The number of hydrogen-bond donors (Lipinski definition) is 2. The van der Waals surface area contributed by atoms with Gasteiger partial charge in [0, 0.05) is 5.56 Å². The Morgan fingerprint density at radius 2 is 2.07 bits per heavy atom. The molecule has 0 heterocycles. The zero-order valence-corrected chi connectivity index (χ0v) is 7.64. The van der Waals surface area contributed by atoms with E-state index in [4.69, 9.17) is 17.3 Å². The zero-order valence-electron chi connectivity index (χ0n) is 6.88. The smallest absolute Gasteiger partial charge is 0.319 e. The summed E-state index contributed by atoms with van der Waals surface area (Å²) in [5, 5.41) is 1.63. The molecule has 0 saturated carbocycles. The molecule has 0 bridgehead atoms. The van der Waals surface area contributed by atoms with Crippen LogP contribution >= 0.6 is 11.6 Å². The minimum atomic E-state index is -0.976. The second kappa shape index (κ2) is 4.06. The van der Waals surface area contributed by atoms with E-state index in [-0.39, 0.29) is 10.6 Å². The normalized spacial score (nSPS) is 9.57. The van der Waals surface area contributed by atoms with Crippen LogP contribution in [-0.2, 0) is 0 Å². The van der Waals surface area contributed by atoms with Gasteiger partial charge in [-0.15, -0.1) is 0 Å². The first kappa shape index (κ1) is 10.5. The van der Waals surface area contributed by atoms with Gasteiger partial charge in [-0.25, -0.2) is 9.18 Å². The molecule has 0 unspecified atom stereocenters. The molecule has 0 spiro atoms. The van der Waals surface area contributed by atoms with Crippen molar-refractivity contribution in [2.45, 2.75) is 0 Å². The Kier molecular flexibility index (Phi) is 3.03. The first-order valence-corrected chi connectivity index (χ1v) is 3.94. The maximum absolute atomic E-state index is 12.7. The Bertz CT molecular complexity index is 395. The molecule has 1 aromatic rings. The van der Waals surface area contributed by atoms with Crippen LogP contribution in [0.25, 0.3) is 0 Å². The summed E-state index contributed by atoms with van der Waals surface area (Å²) in [6.07, 6.45) is 0. The number of hydrogen-bond acceptors (Lipinski definition) is 2. The highest BCUT2D eigenvalue weighted by Crippen LogP contribution is 2.15. The van der Waals surface area contributed by atoms with Gasteiger partial charge in [0.05, 0.1) is 5.02 Å². The Labute approximate surface area is 83.8 Å². The second-order valence-electron chi connectivity index (χ2n) is 2.45. The number of carbonyl (C=O) groups excluding carboxylic acids is 2. The quantitative estimate of drug-likeness (QED) is 0.743. The lowest BCUT2D eigenvalue weighted by atomic mass is 10.2. The van der Waals surface area contributed by atoms with Crippen LogP contribution in [0.2, 0.25) is 5.02 Å². The molecule has 0 aliphatic rings. The van der Waals surface area contributed by atoms with Crippen molar-refractivity contribution >= 4 is 23.5 Å². The average Bonchev–Trinajstić information content (AvgIpc) is 2.08. The van der Waals surface area contributed by atoms with Gasteiger partial charge < -0.3 is 5.73 Å². The molecule has 4 nitrogen and oxygen atoms in total. The van der Waals surface area contributed by atoms with E-state index in [0.717, 1.165) is 12.1 Å². The van der Waals surface area contributed by atoms with Crippen LogP contribution in [0.1, 0.15) is 10.4 Å². The fraction of sp³-hybridized carbons (Fsp3) is 0. The number of rotatable bonds is 1. The number of amides is 3. The van der Waals surface area contributed by atoms with Gasteiger partial charge in [0.15, 0.2) is 0 Å². The van der Waals surface area contributed by atoms with Crippen molar-refractivity contribution in [3.05, 3.63) is 34.6 Å². The Morgan fingerprint density at radius 3 is 2.57 bits per heavy atom. The number of nitrogens with one attached hydrogen (secondary N) is 1. The van der Waals surface area contributed by atoms with Crippen LogP contribution in [0.3, 0.4) is 0 Å². The third-order valence-electron chi connectivity index (χ3n) is 1.42. The van der Waals surface area contributed by atoms with Crippen LogP contribution in [-0.4, -0.2) is 11.9 Å². The van der Waals surface area contributed by atoms with Crippen molar-refractivity contribution in [2.75, 3.05) is 0 Å². The highest BCUT2D eigenvalue weighted by molar-refractivity contribution is 6.31. The molecule has 0 atom stereocenters. The summed E-state index contributed by atoms with van der Waals surface area (Å²) in [4.78, 5) is 21.4. The van der Waals surface area contributed by atoms with Gasteiger partial charge in [0.25, 0.3) is 5.91 Å². The number of benzene rings is 1. The van der Waals surface area contributed by atoms with Crippen molar-refractivity contribution in [1.29, 1.82) is 0 Å². The van der Waals surface area contributed by atoms with E-state index in [9.17, 15) is 14.0 Å². The molecule has 0 fully saturated rings. The average molecular weight is 217 g/mol. The summed E-state index contributed by atoms with van der Waals surface area (Å²) in [7, 11) is 0. The van der Waals surface area contributed by atoms with Crippen LogP contribution < -0.4 is 11.1 Å². The predicted octanol–water partition coefficient (Wildman–Crippen LogP) is 1.29. The SMILES string of the molecule is NC(=O)NC(=O)c1ccc(F)c(Cl)c1. The standard InChI is InChI=1S/C8H6ClFN2O2/c9-5-3-4(1-2-6(5)10)7(13)12-8(11)14/h1-3H,(H3,11,12,13,14). The molecule has 0 aliphatic carbocycles. The number of imide groups is 1. The van der Waals surface area contributed by atoms with E-state index in [1.807, 2.05) is 5.32 Å². The molecule has 3 amide bonds. The lowest BCUT2D eigenvalue weighted by molar-refractivity contribution is 0.0966. The Balaban J connectivity index is 2.91. The lowest BCUT2D eigenvalue weighted by Crippen LogP contribution is -2.34. The minimum Gasteiger partial charge on any atom is -0.351 e. The lowest BCUT2D eigenvalue weighted by Gasteiger charge is -2.01. The van der Waals surface area contributed by atoms with E-state index in [1.165, 1.54) is 6.07 Å². The van der Waals surface area contributed by atoms with Gasteiger partial charge in [-0.3, -0.25) is 10.1 Å². The summed E-state index contributed by atoms with van der Waals surface area (Å²) in [6, 6.07) is 2.35. The van der Waals surface area contributed by atoms with E-state index in [1.54, 1.807) is 0 Å². The van der Waals surface area contributed by atoms with Crippen LogP contribution in [0.4, 0.5) is 9.18 Å². The third kappa shape index (κ3) is 2.43. The van der Waals surface area contributed by atoms with Crippen molar-refractivity contribution in [3.63, 3.8) is 0 Å². The molecule has 14 heavy (non-hydrogen) atoms. The maximum Gasteiger partial charge on any atom is 0.319 e. The highest BCUT2D eigenvalue weighted by Gasteiger charge is 2.09. The van der Waals surface area contributed by atoms with Gasteiger partial charge in [-0.2, -0.15) is 0 Å². The third-order valence-corrected chi connectivity index (χ3v) is 1.71.